The van der Waals surface area contributed by atoms with E-state index < -0.39 is 34.7 Å². The maximum atomic E-state index is 13.6. The van der Waals surface area contributed by atoms with Gasteiger partial charge in [-0.1, -0.05) is 0 Å². The molecule has 6 heteroatoms. The van der Waals surface area contributed by atoms with E-state index in [1.807, 2.05) is 0 Å². The van der Waals surface area contributed by atoms with Crippen molar-refractivity contribution in [1.82, 2.24) is 4.98 Å². The number of halogens is 3. The van der Waals surface area contributed by atoms with Crippen molar-refractivity contribution in [1.29, 1.82) is 5.26 Å². The minimum atomic E-state index is -1.38. The molecule has 0 saturated heterocycles. The van der Waals surface area contributed by atoms with Gasteiger partial charge in [-0.25, -0.2) is 13.2 Å². The van der Waals surface area contributed by atoms with Crippen LogP contribution in [0.15, 0.2) is 36.7 Å². The van der Waals surface area contributed by atoms with Crippen LogP contribution in [0, 0.1) is 28.8 Å². The van der Waals surface area contributed by atoms with Crippen LogP contribution in [-0.4, -0.2) is 10.8 Å². The monoisotopic (exact) mass is 276 g/mol. The highest BCUT2D eigenvalue weighted by Gasteiger charge is 2.27. The Bertz CT molecular complexity index is 672. The van der Waals surface area contributed by atoms with E-state index in [0.717, 1.165) is 0 Å². The molecule has 0 saturated carbocycles. The van der Waals surface area contributed by atoms with Gasteiger partial charge < -0.3 is 0 Å². The van der Waals surface area contributed by atoms with Gasteiger partial charge in [-0.05, 0) is 17.7 Å². The summed E-state index contributed by atoms with van der Waals surface area (Å²) in [6.45, 7) is 0. The summed E-state index contributed by atoms with van der Waals surface area (Å²) >= 11 is 0. The van der Waals surface area contributed by atoms with E-state index in [9.17, 15) is 18.0 Å². The highest BCUT2D eigenvalue weighted by Crippen LogP contribution is 2.24. The van der Waals surface area contributed by atoms with E-state index in [0.29, 0.717) is 12.1 Å². The average molecular weight is 276 g/mol. The first-order chi connectivity index (χ1) is 9.54. The Morgan fingerprint density at radius 1 is 1.15 bits per heavy atom. The van der Waals surface area contributed by atoms with Crippen LogP contribution in [0.5, 0.6) is 0 Å². The van der Waals surface area contributed by atoms with Crippen LogP contribution in [0.3, 0.4) is 0 Å². The highest BCUT2D eigenvalue weighted by atomic mass is 19.1. The number of carbonyl (C=O) groups is 1. The Labute approximate surface area is 112 Å². The van der Waals surface area contributed by atoms with Crippen molar-refractivity contribution in [2.75, 3.05) is 0 Å². The molecule has 3 nitrogen and oxygen atoms in total. The number of nitrogens with zero attached hydrogens (tertiary/aromatic N) is 2. The molecule has 1 unspecified atom stereocenters. The SMILES string of the molecule is N#CC(C(=O)c1c(F)cc(F)cc1F)c1ccncc1. The fraction of sp³-hybridized carbons (Fsp3) is 0.0714. The molecule has 0 aliphatic carbocycles. The number of hydrogen-bond donors (Lipinski definition) is 0. The highest BCUT2D eigenvalue weighted by molar-refractivity contribution is 6.03. The fourth-order valence-corrected chi connectivity index (χ4v) is 1.76. The van der Waals surface area contributed by atoms with Gasteiger partial charge in [-0.3, -0.25) is 9.78 Å². The third-order valence-corrected chi connectivity index (χ3v) is 2.68. The summed E-state index contributed by atoms with van der Waals surface area (Å²) in [5, 5.41) is 9.04. The molecule has 2 rings (SSSR count). The van der Waals surface area contributed by atoms with Gasteiger partial charge in [0.25, 0.3) is 0 Å². The molecular formula is C14H7F3N2O. The van der Waals surface area contributed by atoms with Crippen molar-refractivity contribution < 1.29 is 18.0 Å². The van der Waals surface area contributed by atoms with E-state index >= 15 is 0 Å². The molecule has 1 atom stereocenters. The van der Waals surface area contributed by atoms with Gasteiger partial charge in [-0.15, -0.1) is 0 Å². The molecule has 0 amide bonds. The molecule has 20 heavy (non-hydrogen) atoms. The lowest BCUT2D eigenvalue weighted by Crippen LogP contribution is -2.15. The lowest BCUT2D eigenvalue weighted by Gasteiger charge is -2.10. The molecule has 0 spiro atoms. The summed E-state index contributed by atoms with van der Waals surface area (Å²) in [5.74, 6) is -6.24. The predicted octanol–water partition coefficient (Wildman–Crippen LogP) is 2.99. The van der Waals surface area contributed by atoms with Crippen LogP contribution >= 0.6 is 0 Å². The molecule has 0 radical (unpaired) electrons. The molecule has 1 aromatic heterocycles. The van der Waals surface area contributed by atoms with Gasteiger partial charge >= 0.3 is 0 Å². The number of aromatic nitrogens is 1. The van der Waals surface area contributed by atoms with Gasteiger partial charge in [0.1, 0.15) is 23.4 Å². The third-order valence-electron chi connectivity index (χ3n) is 2.68. The molecule has 0 aliphatic heterocycles. The first kappa shape index (κ1) is 13.7. The van der Waals surface area contributed by atoms with E-state index in [2.05, 4.69) is 4.98 Å². The minimum absolute atomic E-state index is 0.260. The van der Waals surface area contributed by atoms with Gasteiger partial charge in [0.15, 0.2) is 5.78 Å². The van der Waals surface area contributed by atoms with Gasteiger partial charge in [0.05, 0.1) is 11.6 Å². The van der Waals surface area contributed by atoms with E-state index in [1.54, 1.807) is 6.07 Å². The van der Waals surface area contributed by atoms with Crippen molar-refractivity contribution in [3.63, 3.8) is 0 Å². The number of Topliss-reactive ketones (excluding diaryl/α,β-unsaturated/α-hetero) is 1. The Balaban J connectivity index is 2.48. The summed E-state index contributed by atoms with van der Waals surface area (Å²) in [6, 6.07) is 5.27. The Morgan fingerprint density at radius 2 is 1.70 bits per heavy atom. The van der Waals surface area contributed by atoms with Crippen molar-refractivity contribution in [3.8, 4) is 6.07 Å². The van der Waals surface area contributed by atoms with Crippen LogP contribution in [0.1, 0.15) is 21.8 Å². The molecule has 0 fully saturated rings. The number of carbonyl (C=O) groups excluding carboxylic acids is 1. The summed E-state index contributed by atoms with van der Waals surface area (Å²) < 4.78 is 39.9. The maximum Gasteiger partial charge on any atom is 0.190 e. The second kappa shape index (κ2) is 5.53. The topological polar surface area (TPSA) is 53.8 Å². The molecule has 1 aromatic carbocycles. The maximum absolute atomic E-state index is 13.6. The molecule has 2 aromatic rings. The number of nitriles is 1. The Hall–Kier alpha value is -2.68. The molecule has 0 aliphatic rings. The zero-order chi connectivity index (χ0) is 14.7. The van der Waals surface area contributed by atoms with Gasteiger partial charge in [0, 0.05) is 24.5 Å². The standard InChI is InChI=1S/C14H7F3N2O/c15-9-5-11(16)13(12(17)6-9)14(20)10(7-18)8-1-3-19-4-2-8/h1-6,10H. The van der Waals surface area contributed by atoms with Crippen molar-refractivity contribution in [2.45, 2.75) is 5.92 Å². The van der Waals surface area contributed by atoms with Crippen LogP contribution in [0.25, 0.3) is 0 Å². The van der Waals surface area contributed by atoms with Crippen LogP contribution < -0.4 is 0 Å². The number of pyridine rings is 1. The first-order valence-electron chi connectivity index (χ1n) is 5.53. The molecule has 0 N–H and O–H groups in total. The van der Waals surface area contributed by atoms with Crippen molar-refractivity contribution >= 4 is 5.78 Å². The van der Waals surface area contributed by atoms with Crippen molar-refractivity contribution in [3.05, 3.63) is 65.2 Å². The second-order valence-electron chi connectivity index (χ2n) is 3.95. The molecule has 100 valence electrons. The number of ketones is 1. The molecule has 1 heterocycles. The van der Waals surface area contributed by atoms with Gasteiger partial charge in [-0.2, -0.15) is 5.26 Å². The number of hydrogen-bond acceptors (Lipinski definition) is 3. The number of benzene rings is 1. The van der Waals surface area contributed by atoms with Crippen LogP contribution in [-0.2, 0) is 0 Å². The lowest BCUT2D eigenvalue weighted by molar-refractivity contribution is 0.0970. The smallest absolute Gasteiger partial charge is 0.190 e. The Kier molecular flexibility index (Phi) is 3.80. The zero-order valence-electron chi connectivity index (χ0n) is 9.98. The van der Waals surface area contributed by atoms with E-state index in [4.69, 9.17) is 5.26 Å². The Morgan fingerprint density at radius 3 is 2.20 bits per heavy atom. The third kappa shape index (κ3) is 2.52. The van der Waals surface area contributed by atoms with Crippen LogP contribution in [0.4, 0.5) is 13.2 Å². The predicted molar refractivity (Wildman–Crippen MR) is 63.2 cm³/mol. The summed E-state index contributed by atoms with van der Waals surface area (Å²) in [4.78, 5) is 15.8. The second-order valence-corrected chi connectivity index (χ2v) is 3.95. The summed E-state index contributed by atoms with van der Waals surface area (Å²) in [6.07, 6.45) is 2.70. The van der Waals surface area contributed by atoms with E-state index in [-0.39, 0.29) is 5.56 Å². The largest absolute Gasteiger partial charge is 0.292 e. The number of rotatable bonds is 3. The van der Waals surface area contributed by atoms with Crippen molar-refractivity contribution in [2.24, 2.45) is 0 Å². The average Bonchev–Trinajstić information content (AvgIpc) is 2.39. The van der Waals surface area contributed by atoms with E-state index in [1.165, 1.54) is 24.5 Å². The lowest BCUT2D eigenvalue weighted by atomic mass is 9.92. The summed E-state index contributed by atoms with van der Waals surface area (Å²) in [7, 11) is 0. The quantitative estimate of drug-likeness (QED) is 0.810. The molecular weight excluding hydrogens is 269 g/mol. The van der Waals surface area contributed by atoms with Gasteiger partial charge in [0.2, 0.25) is 0 Å². The normalized spacial score (nSPS) is 11.7. The molecule has 0 bridgehead atoms. The zero-order valence-corrected chi connectivity index (χ0v) is 9.98. The fourth-order valence-electron chi connectivity index (χ4n) is 1.76. The summed E-state index contributed by atoms with van der Waals surface area (Å²) in [5.41, 5.74) is -0.662. The van der Waals surface area contributed by atoms with Crippen LogP contribution in [0.2, 0.25) is 0 Å². The minimum Gasteiger partial charge on any atom is -0.292 e. The first-order valence-corrected chi connectivity index (χ1v) is 5.53.